The van der Waals surface area contributed by atoms with Crippen molar-refractivity contribution in [3.05, 3.63) is 82.6 Å². The molecule has 0 atom stereocenters. The molecular formula is C24H25ClN2O3. The monoisotopic (exact) mass is 424 g/mol. The van der Waals surface area contributed by atoms with Crippen molar-refractivity contribution < 1.29 is 14.3 Å². The third-order valence-corrected chi connectivity index (χ3v) is 5.63. The number of aromatic nitrogens is 1. The lowest BCUT2D eigenvalue weighted by molar-refractivity contribution is 0.0736. The van der Waals surface area contributed by atoms with Gasteiger partial charge >= 0.3 is 0 Å². The number of unbranched alkanes of at least 4 members (excludes halogenated alkanes) is 1. The Morgan fingerprint density at radius 1 is 1.10 bits per heavy atom. The van der Waals surface area contributed by atoms with Gasteiger partial charge in [-0.1, -0.05) is 43.1 Å². The number of nitrogens with zero attached hydrogens (tertiary/aromatic N) is 2. The molecule has 6 heteroatoms. The van der Waals surface area contributed by atoms with Gasteiger partial charge in [0.15, 0.2) is 11.5 Å². The molecule has 0 unspecified atom stereocenters. The molecule has 0 N–H and O–H groups in total. The lowest BCUT2D eigenvalue weighted by Gasteiger charge is -2.24. The van der Waals surface area contributed by atoms with Crippen molar-refractivity contribution in [2.24, 2.45) is 0 Å². The van der Waals surface area contributed by atoms with Crippen LogP contribution in [0.2, 0.25) is 5.02 Å². The van der Waals surface area contributed by atoms with Gasteiger partial charge in [-0.3, -0.25) is 4.79 Å². The highest BCUT2D eigenvalue weighted by atomic mass is 35.5. The van der Waals surface area contributed by atoms with E-state index < -0.39 is 0 Å². The van der Waals surface area contributed by atoms with Gasteiger partial charge in [-0.2, -0.15) is 0 Å². The third kappa shape index (κ3) is 4.46. The first-order valence-electron chi connectivity index (χ1n) is 10.2. The normalized spacial score (nSPS) is 12.2. The fourth-order valence-electron chi connectivity index (χ4n) is 3.57. The number of rotatable bonds is 8. The summed E-state index contributed by atoms with van der Waals surface area (Å²) in [6, 6.07) is 17.3. The number of carbonyl (C=O) groups excluding carboxylic acids is 1. The number of hydrogen-bond acceptors (Lipinski definition) is 3. The largest absolute Gasteiger partial charge is 0.454 e. The van der Waals surface area contributed by atoms with Gasteiger partial charge in [0, 0.05) is 35.6 Å². The Hall–Kier alpha value is -2.92. The molecule has 1 aliphatic rings. The van der Waals surface area contributed by atoms with Crippen LogP contribution in [0.4, 0.5) is 0 Å². The van der Waals surface area contributed by atoms with Gasteiger partial charge in [-0.05, 0) is 48.4 Å². The number of benzene rings is 2. The molecule has 30 heavy (non-hydrogen) atoms. The molecule has 4 rings (SSSR count). The summed E-state index contributed by atoms with van der Waals surface area (Å²) in [5.41, 5.74) is 2.73. The molecular weight excluding hydrogens is 400 g/mol. The van der Waals surface area contributed by atoms with Crippen LogP contribution in [0.1, 0.15) is 41.4 Å². The Morgan fingerprint density at radius 2 is 1.93 bits per heavy atom. The maximum absolute atomic E-state index is 13.3. The summed E-state index contributed by atoms with van der Waals surface area (Å²) >= 11 is 6.34. The Labute approximate surface area is 181 Å². The first kappa shape index (κ1) is 20.4. The fraction of sp³-hybridized carbons (Fsp3) is 0.292. The van der Waals surface area contributed by atoms with Gasteiger partial charge in [0.05, 0.1) is 6.54 Å². The maximum Gasteiger partial charge on any atom is 0.254 e. The van der Waals surface area contributed by atoms with E-state index in [4.69, 9.17) is 21.1 Å². The summed E-state index contributed by atoms with van der Waals surface area (Å²) in [4.78, 5) is 15.2. The molecule has 1 aromatic heterocycles. The van der Waals surface area contributed by atoms with Crippen molar-refractivity contribution in [3.63, 3.8) is 0 Å². The van der Waals surface area contributed by atoms with Crippen molar-refractivity contribution in [3.8, 4) is 11.5 Å². The summed E-state index contributed by atoms with van der Waals surface area (Å²) in [6.45, 7) is 4.22. The van der Waals surface area contributed by atoms with Gasteiger partial charge in [-0.15, -0.1) is 0 Å². The predicted molar refractivity (Wildman–Crippen MR) is 117 cm³/mol. The first-order valence-corrected chi connectivity index (χ1v) is 10.6. The molecule has 3 aromatic rings. The smallest absolute Gasteiger partial charge is 0.254 e. The van der Waals surface area contributed by atoms with Crippen molar-refractivity contribution in [2.75, 3.05) is 13.3 Å². The van der Waals surface area contributed by atoms with Gasteiger partial charge in [-0.25, -0.2) is 0 Å². The van der Waals surface area contributed by atoms with Crippen LogP contribution in [-0.4, -0.2) is 28.7 Å². The topological polar surface area (TPSA) is 43.7 Å². The quantitative estimate of drug-likeness (QED) is 0.488. The highest BCUT2D eigenvalue weighted by Crippen LogP contribution is 2.33. The van der Waals surface area contributed by atoms with E-state index in [1.54, 1.807) is 18.2 Å². The minimum absolute atomic E-state index is 0.00718. The zero-order chi connectivity index (χ0) is 20.9. The van der Waals surface area contributed by atoms with Crippen LogP contribution in [0.3, 0.4) is 0 Å². The summed E-state index contributed by atoms with van der Waals surface area (Å²) in [7, 11) is 0. The Balaban J connectivity index is 1.54. The van der Waals surface area contributed by atoms with Gasteiger partial charge < -0.3 is 18.9 Å². The lowest BCUT2D eigenvalue weighted by Crippen LogP contribution is -2.32. The standard InChI is InChI=1S/C24H25ClN2O3/c1-2-3-12-27(24(28)18-10-11-22-23(14-18)30-17-29-22)16-20-8-6-13-26(20)15-19-7-4-5-9-21(19)25/h4-11,13-14H,2-3,12,15-17H2,1H3. The Bertz CT molecular complexity index is 1030. The average Bonchev–Trinajstić information content (AvgIpc) is 3.41. The zero-order valence-electron chi connectivity index (χ0n) is 17.0. The van der Waals surface area contributed by atoms with Crippen LogP contribution >= 0.6 is 11.6 Å². The number of fused-ring (bicyclic) bond motifs is 1. The van der Waals surface area contributed by atoms with Crippen LogP contribution in [0.5, 0.6) is 11.5 Å². The molecule has 1 aliphatic heterocycles. The van der Waals surface area contributed by atoms with E-state index in [1.807, 2.05) is 41.4 Å². The first-order chi connectivity index (χ1) is 14.7. The molecule has 156 valence electrons. The van der Waals surface area contributed by atoms with E-state index >= 15 is 0 Å². The number of halogens is 1. The number of hydrogen-bond donors (Lipinski definition) is 0. The molecule has 5 nitrogen and oxygen atoms in total. The number of ether oxygens (including phenoxy) is 2. The second kappa shape index (κ2) is 9.26. The molecule has 0 radical (unpaired) electrons. The summed E-state index contributed by atoms with van der Waals surface area (Å²) in [5.74, 6) is 1.30. The molecule has 2 aromatic carbocycles. The van der Waals surface area contributed by atoms with E-state index in [2.05, 4.69) is 17.6 Å². The van der Waals surface area contributed by atoms with Crippen LogP contribution in [0.25, 0.3) is 0 Å². The highest BCUT2D eigenvalue weighted by Gasteiger charge is 2.21. The van der Waals surface area contributed by atoms with Crippen molar-refractivity contribution in [1.82, 2.24) is 9.47 Å². The molecule has 1 amide bonds. The molecule has 0 fully saturated rings. The Morgan fingerprint density at radius 3 is 2.77 bits per heavy atom. The zero-order valence-corrected chi connectivity index (χ0v) is 17.8. The van der Waals surface area contributed by atoms with E-state index in [0.717, 1.165) is 29.1 Å². The molecule has 0 aliphatic carbocycles. The molecule has 0 spiro atoms. The van der Waals surface area contributed by atoms with E-state index in [9.17, 15) is 4.79 Å². The number of amides is 1. The Kier molecular flexibility index (Phi) is 6.29. The molecule has 0 saturated carbocycles. The van der Waals surface area contributed by atoms with Crippen molar-refractivity contribution in [2.45, 2.75) is 32.9 Å². The van der Waals surface area contributed by atoms with Gasteiger partial charge in [0.25, 0.3) is 5.91 Å². The molecule has 0 saturated heterocycles. The minimum atomic E-state index is -0.00718. The predicted octanol–water partition coefficient (Wildman–Crippen LogP) is 5.36. The van der Waals surface area contributed by atoms with Crippen LogP contribution in [0.15, 0.2) is 60.8 Å². The van der Waals surface area contributed by atoms with Crippen LogP contribution < -0.4 is 9.47 Å². The summed E-state index contributed by atoms with van der Waals surface area (Å²) in [5, 5.41) is 0.747. The highest BCUT2D eigenvalue weighted by molar-refractivity contribution is 6.31. The van der Waals surface area contributed by atoms with Crippen molar-refractivity contribution >= 4 is 17.5 Å². The average molecular weight is 425 g/mol. The van der Waals surface area contributed by atoms with E-state index in [0.29, 0.717) is 36.7 Å². The van der Waals surface area contributed by atoms with Gasteiger partial charge in [0.2, 0.25) is 6.79 Å². The second-order valence-corrected chi connectivity index (χ2v) is 7.77. The van der Waals surface area contributed by atoms with Crippen LogP contribution in [0, 0.1) is 0 Å². The van der Waals surface area contributed by atoms with Gasteiger partial charge in [0.1, 0.15) is 0 Å². The molecule has 0 bridgehead atoms. The third-order valence-electron chi connectivity index (χ3n) is 5.26. The van der Waals surface area contributed by atoms with E-state index in [1.165, 1.54) is 0 Å². The second-order valence-electron chi connectivity index (χ2n) is 7.37. The van der Waals surface area contributed by atoms with Crippen molar-refractivity contribution in [1.29, 1.82) is 0 Å². The number of carbonyl (C=O) groups is 1. The summed E-state index contributed by atoms with van der Waals surface area (Å²) < 4.78 is 13.0. The van der Waals surface area contributed by atoms with E-state index in [-0.39, 0.29) is 12.7 Å². The molecule has 2 heterocycles. The van der Waals surface area contributed by atoms with Crippen LogP contribution in [-0.2, 0) is 13.1 Å². The SMILES string of the molecule is CCCCN(Cc1cccn1Cc1ccccc1Cl)C(=O)c1ccc2c(c1)OCO2. The maximum atomic E-state index is 13.3. The minimum Gasteiger partial charge on any atom is -0.454 e. The fourth-order valence-corrected chi connectivity index (χ4v) is 3.76. The lowest BCUT2D eigenvalue weighted by atomic mass is 10.1. The summed E-state index contributed by atoms with van der Waals surface area (Å²) in [6.07, 6.45) is 3.99.